The maximum absolute atomic E-state index is 6.29. The fourth-order valence-corrected chi connectivity index (χ4v) is 4.31. The Kier molecular flexibility index (Phi) is 6.55. The fourth-order valence-electron chi connectivity index (χ4n) is 3.66. The molecule has 4 rings (SSSR count). The quantitative estimate of drug-likeness (QED) is 0.357. The molecule has 1 fully saturated rings. The van der Waals surface area contributed by atoms with Gasteiger partial charge in [-0.2, -0.15) is 0 Å². The van der Waals surface area contributed by atoms with Gasteiger partial charge >= 0.3 is 0 Å². The van der Waals surface area contributed by atoms with Crippen molar-refractivity contribution >= 4 is 37.6 Å². The van der Waals surface area contributed by atoms with E-state index in [-0.39, 0.29) is 17.5 Å². The lowest BCUT2D eigenvalue weighted by Gasteiger charge is -2.30. The van der Waals surface area contributed by atoms with Crippen molar-refractivity contribution in [1.82, 2.24) is 0 Å². The van der Waals surface area contributed by atoms with Crippen LogP contribution in [-0.4, -0.2) is 23.1 Å². The van der Waals surface area contributed by atoms with E-state index < -0.39 is 0 Å². The summed E-state index contributed by atoms with van der Waals surface area (Å²) in [7, 11) is 0. The highest BCUT2D eigenvalue weighted by atomic mass is 79.9. The Hall–Kier alpha value is -1.34. The molecule has 2 aromatic rings. The first kappa shape index (κ1) is 22.8. The molecule has 0 spiro atoms. The maximum atomic E-state index is 6.29. The van der Waals surface area contributed by atoms with Crippen molar-refractivity contribution in [2.24, 2.45) is 0 Å². The summed E-state index contributed by atoms with van der Waals surface area (Å²) in [5.74, 6) is 2.47. The van der Waals surface area contributed by atoms with Gasteiger partial charge in [-0.25, -0.2) is 0 Å². The van der Waals surface area contributed by atoms with Crippen molar-refractivity contribution in [1.29, 1.82) is 0 Å². The van der Waals surface area contributed by atoms with E-state index in [0.29, 0.717) is 6.61 Å². The molecule has 2 aliphatic rings. The van der Waals surface area contributed by atoms with Crippen LogP contribution < -0.4 is 9.47 Å². The lowest BCUT2D eigenvalue weighted by molar-refractivity contribution is -0.0896. The first-order chi connectivity index (χ1) is 14.7. The van der Waals surface area contributed by atoms with Crippen LogP contribution in [0.25, 0.3) is 5.76 Å². The normalized spacial score (nSPS) is 19.9. The summed E-state index contributed by atoms with van der Waals surface area (Å²) >= 11 is 7.09. The number of alkyl halides is 1. The van der Waals surface area contributed by atoms with Gasteiger partial charge < -0.3 is 18.9 Å². The number of allylic oxidation sites excluding steroid dienone is 1. The molecule has 1 heterocycles. The van der Waals surface area contributed by atoms with E-state index in [1.807, 2.05) is 24.3 Å². The standard InChI is InChI=1S/C25H28Br2O4/c1-24(2)25(3,4)31-23(30-24)17-5-11-20-16(15-17)6-12-21(27)22(20)29-19-9-7-18(8-10-19)28-14-13-26/h5,7-11,15,23H,6,12-14H2,1-4H3. The minimum Gasteiger partial charge on any atom is -0.493 e. The molecule has 4 nitrogen and oxygen atoms in total. The zero-order valence-electron chi connectivity index (χ0n) is 18.3. The zero-order valence-corrected chi connectivity index (χ0v) is 21.5. The fraction of sp³-hybridized carbons (Fsp3) is 0.440. The van der Waals surface area contributed by atoms with Crippen LogP contribution >= 0.6 is 31.9 Å². The van der Waals surface area contributed by atoms with Crippen molar-refractivity contribution in [3.63, 3.8) is 0 Å². The van der Waals surface area contributed by atoms with Crippen molar-refractivity contribution in [3.8, 4) is 11.5 Å². The van der Waals surface area contributed by atoms with Gasteiger partial charge in [-0.3, -0.25) is 0 Å². The first-order valence-electron chi connectivity index (χ1n) is 10.5. The molecular weight excluding hydrogens is 524 g/mol. The number of hydrogen-bond donors (Lipinski definition) is 0. The Labute approximate surface area is 201 Å². The lowest BCUT2D eigenvalue weighted by Crippen LogP contribution is -2.41. The predicted molar refractivity (Wildman–Crippen MR) is 130 cm³/mol. The summed E-state index contributed by atoms with van der Waals surface area (Å²) in [5, 5.41) is 0.801. The van der Waals surface area contributed by atoms with Gasteiger partial charge in [-0.1, -0.05) is 44.0 Å². The van der Waals surface area contributed by atoms with Crippen molar-refractivity contribution in [2.45, 2.75) is 58.0 Å². The van der Waals surface area contributed by atoms with Gasteiger partial charge in [0.05, 0.1) is 17.8 Å². The summed E-state index contributed by atoms with van der Waals surface area (Å²) < 4.78 is 25.5. The topological polar surface area (TPSA) is 36.9 Å². The molecule has 0 unspecified atom stereocenters. The highest BCUT2D eigenvalue weighted by molar-refractivity contribution is 9.11. The number of fused-ring (bicyclic) bond motifs is 1. The van der Waals surface area contributed by atoms with Crippen LogP contribution in [0.5, 0.6) is 11.5 Å². The molecule has 0 saturated carbocycles. The van der Waals surface area contributed by atoms with E-state index in [2.05, 4.69) is 77.8 Å². The predicted octanol–water partition coefficient (Wildman–Crippen LogP) is 7.15. The van der Waals surface area contributed by atoms with Crippen LogP contribution in [-0.2, 0) is 15.9 Å². The molecule has 1 aliphatic heterocycles. The Morgan fingerprint density at radius 2 is 1.58 bits per heavy atom. The second-order valence-corrected chi connectivity index (χ2v) is 10.6. The third-order valence-corrected chi connectivity index (χ3v) is 7.23. The number of hydrogen-bond acceptors (Lipinski definition) is 4. The van der Waals surface area contributed by atoms with Gasteiger partial charge in [-0.15, -0.1) is 0 Å². The van der Waals surface area contributed by atoms with Crippen LogP contribution in [0.1, 0.15) is 57.1 Å². The largest absolute Gasteiger partial charge is 0.493 e. The zero-order chi connectivity index (χ0) is 22.2. The van der Waals surface area contributed by atoms with E-state index >= 15 is 0 Å². The third kappa shape index (κ3) is 4.72. The van der Waals surface area contributed by atoms with Gasteiger partial charge in [0.25, 0.3) is 0 Å². The molecule has 0 aromatic heterocycles. The Bertz CT molecular complexity index is 964. The van der Waals surface area contributed by atoms with Gasteiger partial charge in [-0.05, 0) is 76.4 Å². The van der Waals surface area contributed by atoms with Crippen LogP contribution in [0.3, 0.4) is 0 Å². The average Bonchev–Trinajstić information content (AvgIpc) is 2.96. The van der Waals surface area contributed by atoms with E-state index in [1.165, 1.54) is 5.56 Å². The maximum Gasteiger partial charge on any atom is 0.185 e. The summed E-state index contributed by atoms with van der Waals surface area (Å²) in [5.41, 5.74) is 2.67. The van der Waals surface area contributed by atoms with E-state index in [9.17, 15) is 0 Å². The van der Waals surface area contributed by atoms with Crippen LogP contribution in [0.2, 0.25) is 0 Å². The monoisotopic (exact) mass is 550 g/mol. The SMILES string of the molecule is CC1(C)OC(c2ccc3c(c2)CCC(Br)=C3Oc2ccc(OCCBr)cc2)OC1(C)C. The van der Waals surface area contributed by atoms with Crippen LogP contribution in [0.4, 0.5) is 0 Å². The smallest absolute Gasteiger partial charge is 0.185 e. The van der Waals surface area contributed by atoms with Crippen LogP contribution in [0, 0.1) is 0 Å². The van der Waals surface area contributed by atoms with Crippen molar-refractivity contribution in [3.05, 3.63) is 63.6 Å². The number of ether oxygens (including phenoxy) is 4. The van der Waals surface area contributed by atoms with Gasteiger partial charge in [0.1, 0.15) is 17.3 Å². The Morgan fingerprint density at radius 3 is 2.23 bits per heavy atom. The summed E-state index contributed by atoms with van der Waals surface area (Å²) in [6, 6.07) is 14.1. The summed E-state index contributed by atoms with van der Waals surface area (Å²) in [4.78, 5) is 0. The lowest BCUT2D eigenvalue weighted by atomic mass is 9.90. The molecule has 0 atom stereocenters. The molecule has 31 heavy (non-hydrogen) atoms. The minimum atomic E-state index is -0.360. The second kappa shape index (κ2) is 8.89. The summed E-state index contributed by atoms with van der Waals surface area (Å²) in [6.07, 6.45) is 1.47. The molecule has 0 N–H and O–H groups in total. The third-order valence-electron chi connectivity index (χ3n) is 6.15. The number of aryl methyl sites for hydroxylation is 1. The van der Waals surface area contributed by atoms with E-state index in [0.717, 1.165) is 51.0 Å². The molecule has 2 aromatic carbocycles. The van der Waals surface area contributed by atoms with Gasteiger partial charge in [0.2, 0.25) is 0 Å². The first-order valence-corrected chi connectivity index (χ1v) is 12.5. The molecule has 1 saturated heterocycles. The van der Waals surface area contributed by atoms with Crippen molar-refractivity contribution in [2.75, 3.05) is 11.9 Å². The van der Waals surface area contributed by atoms with E-state index in [4.69, 9.17) is 18.9 Å². The minimum absolute atomic E-state index is 0.352. The van der Waals surface area contributed by atoms with Crippen LogP contribution in [0.15, 0.2) is 46.9 Å². The molecule has 0 radical (unpaired) electrons. The summed E-state index contributed by atoms with van der Waals surface area (Å²) in [6.45, 7) is 8.94. The number of rotatable bonds is 6. The number of benzene rings is 2. The molecule has 1 aliphatic carbocycles. The molecular formula is C25H28Br2O4. The molecule has 0 amide bonds. The number of halogens is 2. The molecule has 0 bridgehead atoms. The highest BCUT2D eigenvalue weighted by Gasteiger charge is 2.49. The average molecular weight is 552 g/mol. The van der Waals surface area contributed by atoms with Gasteiger partial charge in [0, 0.05) is 20.9 Å². The molecule has 166 valence electrons. The Balaban J connectivity index is 1.55. The Morgan fingerprint density at radius 1 is 0.935 bits per heavy atom. The molecule has 6 heteroatoms. The van der Waals surface area contributed by atoms with Crippen molar-refractivity contribution < 1.29 is 18.9 Å². The second-order valence-electron chi connectivity index (χ2n) is 8.85. The van der Waals surface area contributed by atoms with E-state index in [1.54, 1.807) is 0 Å². The van der Waals surface area contributed by atoms with Gasteiger partial charge in [0.15, 0.2) is 6.29 Å². The highest BCUT2D eigenvalue weighted by Crippen LogP contribution is 2.46.